The lowest BCUT2D eigenvalue weighted by Crippen LogP contribution is -2.21. The Bertz CT molecular complexity index is 805. The first-order valence-electron chi connectivity index (χ1n) is 7.32. The highest BCUT2D eigenvalue weighted by Gasteiger charge is 2.29. The van der Waals surface area contributed by atoms with Gasteiger partial charge in [-0.3, -0.25) is 9.59 Å². The van der Waals surface area contributed by atoms with Gasteiger partial charge < -0.3 is 15.8 Å². The molecule has 0 fully saturated rings. The summed E-state index contributed by atoms with van der Waals surface area (Å²) >= 11 is 0. The predicted octanol–water partition coefficient (Wildman–Crippen LogP) is 3.24. The number of ether oxygens (including phenoxy) is 1. The number of primary amides is 1. The Morgan fingerprint density at radius 2 is 1.73 bits per heavy atom. The van der Waals surface area contributed by atoms with E-state index in [0.717, 1.165) is 18.2 Å². The highest BCUT2D eigenvalue weighted by atomic mass is 19.4. The number of amides is 2. The van der Waals surface area contributed by atoms with E-state index in [-0.39, 0.29) is 18.0 Å². The van der Waals surface area contributed by atoms with Gasteiger partial charge in [-0.1, -0.05) is 12.1 Å². The summed E-state index contributed by atoms with van der Waals surface area (Å²) in [5.74, 6) is -2.28. The van der Waals surface area contributed by atoms with Crippen molar-refractivity contribution >= 4 is 17.5 Å². The van der Waals surface area contributed by atoms with E-state index in [4.69, 9.17) is 10.5 Å². The fraction of sp³-hybridized carbons (Fsp3) is 0.176. The first kappa shape index (κ1) is 19.2. The van der Waals surface area contributed by atoms with Gasteiger partial charge in [0, 0.05) is 6.07 Å². The minimum absolute atomic E-state index is 0.0645. The molecule has 2 aromatic rings. The van der Waals surface area contributed by atoms with Crippen molar-refractivity contribution in [3.63, 3.8) is 0 Å². The third kappa shape index (κ3) is 5.47. The molecule has 0 bridgehead atoms. The highest BCUT2D eigenvalue weighted by molar-refractivity contribution is 6.03. The number of nitrogens with one attached hydrogen (secondary N) is 1. The first-order chi connectivity index (χ1) is 12.1. The molecule has 3 N–H and O–H groups in total. The van der Waals surface area contributed by atoms with E-state index in [2.05, 4.69) is 5.32 Å². The van der Waals surface area contributed by atoms with E-state index >= 15 is 0 Å². The van der Waals surface area contributed by atoms with Crippen molar-refractivity contribution in [1.29, 1.82) is 0 Å². The average molecular weight is 370 g/mol. The van der Waals surface area contributed by atoms with Crippen LogP contribution in [-0.4, -0.2) is 11.8 Å². The molecule has 0 unspecified atom stereocenters. The molecule has 0 aromatic heterocycles. The van der Waals surface area contributed by atoms with Crippen molar-refractivity contribution in [1.82, 2.24) is 0 Å². The van der Waals surface area contributed by atoms with Crippen molar-refractivity contribution < 1.29 is 31.9 Å². The van der Waals surface area contributed by atoms with Gasteiger partial charge in [0.1, 0.15) is 24.6 Å². The zero-order chi connectivity index (χ0) is 19.3. The van der Waals surface area contributed by atoms with Gasteiger partial charge in [-0.25, -0.2) is 4.39 Å². The maximum Gasteiger partial charge on any atom is 0.416 e. The van der Waals surface area contributed by atoms with Crippen LogP contribution in [0.15, 0.2) is 42.5 Å². The van der Waals surface area contributed by atoms with E-state index in [1.54, 1.807) is 0 Å². The lowest BCUT2D eigenvalue weighted by molar-refractivity contribution is -0.137. The number of carbonyl (C=O) groups excluding carboxylic acids is 2. The van der Waals surface area contributed by atoms with Crippen LogP contribution < -0.4 is 15.8 Å². The number of anilines is 1. The van der Waals surface area contributed by atoms with Crippen molar-refractivity contribution in [2.45, 2.75) is 19.2 Å². The molecule has 0 atom stereocenters. The van der Waals surface area contributed by atoms with Gasteiger partial charge in [0.15, 0.2) is 0 Å². The van der Waals surface area contributed by atoms with Crippen LogP contribution in [-0.2, 0) is 22.4 Å². The summed E-state index contributed by atoms with van der Waals surface area (Å²) in [5, 5.41) is 2.19. The average Bonchev–Trinajstić information content (AvgIpc) is 2.54. The summed E-state index contributed by atoms with van der Waals surface area (Å²) in [5.41, 5.74) is 4.40. The molecule has 0 saturated heterocycles. The van der Waals surface area contributed by atoms with Crippen molar-refractivity contribution in [2.24, 2.45) is 5.73 Å². The standard InChI is InChI=1S/C17H14F4N2O3/c18-13-7-12(5-6-14(13)23-16(25)8-15(22)24)26-9-10-1-3-11(4-2-10)17(19,20)21/h1-7H,8-9H2,(H2,22,24)(H,23,25). The molecule has 138 valence electrons. The van der Waals surface area contributed by atoms with Gasteiger partial charge in [-0.2, -0.15) is 13.2 Å². The first-order valence-corrected chi connectivity index (χ1v) is 7.32. The number of alkyl halides is 3. The Labute approximate surface area is 145 Å². The molecule has 0 saturated carbocycles. The van der Waals surface area contributed by atoms with Crippen LogP contribution >= 0.6 is 0 Å². The fourth-order valence-electron chi connectivity index (χ4n) is 2.00. The summed E-state index contributed by atoms with van der Waals surface area (Å²) in [6.45, 7) is -0.0645. The number of hydrogen-bond acceptors (Lipinski definition) is 3. The molecule has 0 aliphatic carbocycles. The van der Waals surface area contributed by atoms with E-state index in [1.807, 2.05) is 0 Å². The zero-order valence-electron chi connectivity index (χ0n) is 13.3. The summed E-state index contributed by atoms with van der Waals surface area (Å²) < 4.78 is 56.7. The van der Waals surface area contributed by atoms with Crippen LogP contribution in [0.4, 0.5) is 23.2 Å². The number of nitrogens with two attached hydrogens (primary N) is 1. The molecule has 9 heteroatoms. The van der Waals surface area contributed by atoms with Crippen LogP contribution in [0.5, 0.6) is 5.75 Å². The van der Waals surface area contributed by atoms with Gasteiger partial charge >= 0.3 is 6.18 Å². The lowest BCUT2D eigenvalue weighted by atomic mass is 10.1. The predicted molar refractivity (Wildman–Crippen MR) is 84.6 cm³/mol. The van der Waals surface area contributed by atoms with E-state index in [0.29, 0.717) is 5.56 Å². The van der Waals surface area contributed by atoms with Gasteiger partial charge in [-0.15, -0.1) is 0 Å². The number of rotatable bonds is 6. The Morgan fingerprint density at radius 3 is 2.27 bits per heavy atom. The molecule has 26 heavy (non-hydrogen) atoms. The Morgan fingerprint density at radius 1 is 1.08 bits per heavy atom. The van der Waals surface area contributed by atoms with Crippen LogP contribution in [0.3, 0.4) is 0 Å². The second-order valence-corrected chi connectivity index (χ2v) is 5.32. The third-order valence-electron chi connectivity index (χ3n) is 3.24. The monoisotopic (exact) mass is 370 g/mol. The molecule has 2 aromatic carbocycles. The second kappa shape index (κ2) is 7.85. The molecule has 0 aliphatic rings. The number of benzene rings is 2. The van der Waals surface area contributed by atoms with Crippen molar-refractivity contribution in [2.75, 3.05) is 5.32 Å². The largest absolute Gasteiger partial charge is 0.489 e. The van der Waals surface area contributed by atoms with Gasteiger partial charge in [0.25, 0.3) is 0 Å². The molecule has 0 aliphatic heterocycles. The fourth-order valence-corrected chi connectivity index (χ4v) is 2.00. The molecule has 2 rings (SSSR count). The van der Waals surface area contributed by atoms with E-state index < -0.39 is 35.8 Å². The molecule has 5 nitrogen and oxygen atoms in total. The van der Waals surface area contributed by atoms with Gasteiger partial charge in [0.2, 0.25) is 11.8 Å². The molecule has 0 spiro atoms. The van der Waals surface area contributed by atoms with E-state index in [9.17, 15) is 27.2 Å². The zero-order valence-corrected chi connectivity index (χ0v) is 13.3. The van der Waals surface area contributed by atoms with Crippen LogP contribution in [0.1, 0.15) is 17.5 Å². The van der Waals surface area contributed by atoms with Crippen molar-refractivity contribution in [3.05, 3.63) is 59.4 Å². The van der Waals surface area contributed by atoms with Gasteiger partial charge in [0.05, 0.1) is 11.3 Å². The quantitative estimate of drug-likeness (QED) is 0.605. The summed E-state index contributed by atoms with van der Waals surface area (Å²) in [7, 11) is 0. The topological polar surface area (TPSA) is 81.4 Å². The van der Waals surface area contributed by atoms with Crippen molar-refractivity contribution in [3.8, 4) is 5.75 Å². The normalized spacial score (nSPS) is 11.1. The van der Waals surface area contributed by atoms with Crippen LogP contribution in [0, 0.1) is 5.82 Å². The summed E-state index contributed by atoms with van der Waals surface area (Å²) in [6.07, 6.45) is -5.00. The lowest BCUT2D eigenvalue weighted by Gasteiger charge is -2.10. The maximum atomic E-state index is 13.9. The molecule has 0 radical (unpaired) electrons. The van der Waals surface area contributed by atoms with Crippen LogP contribution in [0.2, 0.25) is 0 Å². The minimum Gasteiger partial charge on any atom is -0.489 e. The number of carbonyl (C=O) groups is 2. The minimum atomic E-state index is -4.42. The number of halogens is 4. The molecule has 0 heterocycles. The van der Waals surface area contributed by atoms with E-state index in [1.165, 1.54) is 24.3 Å². The smallest absolute Gasteiger partial charge is 0.416 e. The summed E-state index contributed by atoms with van der Waals surface area (Å²) in [4.78, 5) is 22.0. The molecular weight excluding hydrogens is 356 g/mol. The highest BCUT2D eigenvalue weighted by Crippen LogP contribution is 2.29. The Kier molecular flexibility index (Phi) is 5.81. The van der Waals surface area contributed by atoms with Gasteiger partial charge in [-0.05, 0) is 29.8 Å². The maximum absolute atomic E-state index is 13.9. The number of hydrogen-bond donors (Lipinski definition) is 2. The third-order valence-corrected chi connectivity index (χ3v) is 3.24. The molecule has 2 amide bonds. The Hall–Kier alpha value is -3.10. The molecular formula is C17H14F4N2O3. The Balaban J connectivity index is 1.97. The SMILES string of the molecule is NC(=O)CC(=O)Nc1ccc(OCc2ccc(C(F)(F)F)cc2)cc1F. The summed E-state index contributed by atoms with van der Waals surface area (Å²) in [6, 6.07) is 7.98. The second-order valence-electron chi connectivity index (χ2n) is 5.32. The van der Waals surface area contributed by atoms with Crippen LogP contribution in [0.25, 0.3) is 0 Å².